The lowest BCUT2D eigenvalue weighted by Gasteiger charge is -2.32. The lowest BCUT2D eigenvalue weighted by atomic mass is 10.0. The number of anilines is 2. The average molecular weight is 468 g/mol. The summed E-state index contributed by atoms with van der Waals surface area (Å²) >= 11 is 0. The Balaban J connectivity index is 1.73. The minimum atomic E-state index is -4.35. The van der Waals surface area contributed by atoms with Crippen LogP contribution in [-0.2, 0) is 30.8 Å². The summed E-state index contributed by atoms with van der Waals surface area (Å²) < 4.78 is 54.8. The van der Waals surface area contributed by atoms with Gasteiger partial charge in [-0.3, -0.25) is 14.5 Å². The van der Waals surface area contributed by atoms with E-state index < -0.39 is 43.9 Å². The standard InChI is InChI=1S/C24H18F2N2O4S/c1-15-6-11-18(12-20(15)26)28-22(29)14-33(31,32)24(28)19-4-2-3-5-21(19)27(23(24)30)13-16-7-9-17(25)10-8-16/h2-12H,13-14H2,1H3. The van der Waals surface area contributed by atoms with Crippen LogP contribution in [0.15, 0.2) is 66.7 Å². The molecule has 3 aromatic rings. The van der Waals surface area contributed by atoms with Crippen molar-refractivity contribution in [2.45, 2.75) is 18.3 Å². The van der Waals surface area contributed by atoms with Crippen molar-refractivity contribution in [2.75, 3.05) is 15.6 Å². The molecule has 2 amide bonds. The number of hydrogen-bond acceptors (Lipinski definition) is 4. The summed E-state index contributed by atoms with van der Waals surface area (Å²) in [6.45, 7) is 1.51. The highest BCUT2D eigenvalue weighted by Gasteiger charge is 2.69. The van der Waals surface area contributed by atoms with Gasteiger partial charge < -0.3 is 4.90 Å². The molecule has 6 nitrogen and oxygen atoms in total. The molecule has 1 unspecified atom stereocenters. The number of benzene rings is 3. The molecule has 0 N–H and O–H groups in total. The predicted octanol–water partition coefficient (Wildman–Crippen LogP) is 3.43. The minimum absolute atomic E-state index is 0.0176. The third kappa shape index (κ3) is 2.92. The zero-order chi connectivity index (χ0) is 23.5. The van der Waals surface area contributed by atoms with Gasteiger partial charge in [-0.2, -0.15) is 0 Å². The van der Waals surface area contributed by atoms with Gasteiger partial charge in [0.25, 0.3) is 10.8 Å². The molecule has 0 radical (unpaired) electrons. The minimum Gasteiger partial charge on any atom is -0.304 e. The van der Waals surface area contributed by atoms with Crippen molar-refractivity contribution in [3.63, 3.8) is 0 Å². The van der Waals surface area contributed by atoms with Crippen molar-refractivity contribution in [1.82, 2.24) is 0 Å². The fraction of sp³-hybridized carbons (Fsp3) is 0.167. The highest BCUT2D eigenvalue weighted by Crippen LogP contribution is 2.52. The lowest BCUT2D eigenvalue weighted by molar-refractivity contribution is -0.123. The highest BCUT2D eigenvalue weighted by atomic mass is 32.2. The van der Waals surface area contributed by atoms with Crippen LogP contribution in [0.1, 0.15) is 16.7 Å². The van der Waals surface area contributed by atoms with Gasteiger partial charge in [-0.05, 0) is 48.4 Å². The second-order valence-electron chi connectivity index (χ2n) is 8.10. The number of sulfone groups is 1. The van der Waals surface area contributed by atoms with Crippen LogP contribution in [-0.4, -0.2) is 26.0 Å². The molecule has 1 fully saturated rings. The van der Waals surface area contributed by atoms with Crippen molar-refractivity contribution >= 4 is 33.0 Å². The molecule has 0 saturated carbocycles. The van der Waals surface area contributed by atoms with E-state index in [0.717, 1.165) is 11.0 Å². The number of carbonyl (C=O) groups is 2. The van der Waals surface area contributed by atoms with E-state index in [4.69, 9.17) is 0 Å². The molecule has 33 heavy (non-hydrogen) atoms. The number of aryl methyl sites for hydroxylation is 1. The van der Waals surface area contributed by atoms with Crippen LogP contribution < -0.4 is 9.80 Å². The summed E-state index contributed by atoms with van der Waals surface area (Å²) in [5.74, 6) is -3.60. The second-order valence-corrected chi connectivity index (χ2v) is 10.2. The van der Waals surface area contributed by atoms with Crippen molar-refractivity contribution < 1.29 is 26.8 Å². The fourth-order valence-corrected chi connectivity index (χ4v) is 6.57. The molecule has 0 aliphatic carbocycles. The summed E-state index contributed by atoms with van der Waals surface area (Å²) in [7, 11) is -4.35. The first-order valence-electron chi connectivity index (χ1n) is 10.1. The Hall–Kier alpha value is -3.59. The van der Waals surface area contributed by atoms with Gasteiger partial charge in [0.2, 0.25) is 5.91 Å². The second kappa shape index (κ2) is 7.21. The number of fused-ring (bicyclic) bond motifs is 2. The molecule has 3 aromatic carbocycles. The van der Waals surface area contributed by atoms with Crippen molar-refractivity contribution in [1.29, 1.82) is 0 Å². The number of rotatable bonds is 3. The van der Waals surface area contributed by atoms with Crippen LogP contribution in [0.25, 0.3) is 0 Å². The van der Waals surface area contributed by atoms with Gasteiger partial charge >= 0.3 is 0 Å². The number of amides is 2. The van der Waals surface area contributed by atoms with E-state index in [1.54, 1.807) is 18.2 Å². The van der Waals surface area contributed by atoms with Crippen LogP contribution in [0, 0.1) is 18.6 Å². The van der Waals surface area contributed by atoms with Gasteiger partial charge in [0.15, 0.2) is 9.84 Å². The summed E-state index contributed by atoms with van der Waals surface area (Å²) in [5, 5.41) is 0. The number of hydrogen-bond donors (Lipinski definition) is 0. The average Bonchev–Trinajstić information content (AvgIpc) is 3.14. The Bertz CT molecular complexity index is 1420. The molecule has 2 heterocycles. The van der Waals surface area contributed by atoms with Crippen LogP contribution in [0.5, 0.6) is 0 Å². The molecule has 0 aromatic heterocycles. The smallest absolute Gasteiger partial charge is 0.274 e. The Morgan fingerprint density at radius 3 is 2.36 bits per heavy atom. The molecule has 0 bridgehead atoms. The summed E-state index contributed by atoms with van der Waals surface area (Å²) in [6, 6.07) is 15.7. The van der Waals surface area contributed by atoms with Crippen LogP contribution in [0.2, 0.25) is 0 Å². The predicted molar refractivity (Wildman–Crippen MR) is 118 cm³/mol. The third-order valence-electron chi connectivity index (χ3n) is 6.09. The topological polar surface area (TPSA) is 74.8 Å². The summed E-state index contributed by atoms with van der Waals surface area (Å²) in [6.07, 6.45) is 0. The zero-order valence-corrected chi connectivity index (χ0v) is 18.3. The quantitative estimate of drug-likeness (QED) is 0.590. The van der Waals surface area contributed by atoms with Crippen molar-refractivity contribution in [2.24, 2.45) is 0 Å². The molecule has 1 saturated heterocycles. The van der Waals surface area contributed by atoms with Gasteiger partial charge in [0.1, 0.15) is 17.4 Å². The van der Waals surface area contributed by atoms with E-state index in [2.05, 4.69) is 0 Å². The number of para-hydroxylation sites is 1. The third-order valence-corrected chi connectivity index (χ3v) is 8.19. The van der Waals surface area contributed by atoms with E-state index in [1.807, 2.05) is 0 Å². The Morgan fingerprint density at radius 1 is 0.970 bits per heavy atom. The van der Waals surface area contributed by atoms with Gasteiger partial charge in [0, 0.05) is 11.3 Å². The first-order chi connectivity index (χ1) is 15.7. The maximum atomic E-state index is 14.4. The van der Waals surface area contributed by atoms with E-state index in [1.165, 1.54) is 54.3 Å². The van der Waals surface area contributed by atoms with Crippen LogP contribution in [0.4, 0.5) is 20.2 Å². The van der Waals surface area contributed by atoms with E-state index >= 15 is 0 Å². The Morgan fingerprint density at radius 2 is 1.67 bits per heavy atom. The largest absolute Gasteiger partial charge is 0.304 e. The molecule has 168 valence electrons. The van der Waals surface area contributed by atoms with E-state index in [9.17, 15) is 26.8 Å². The van der Waals surface area contributed by atoms with Gasteiger partial charge in [-0.25, -0.2) is 17.2 Å². The van der Waals surface area contributed by atoms with Crippen LogP contribution in [0.3, 0.4) is 0 Å². The lowest BCUT2D eigenvalue weighted by Crippen LogP contribution is -2.54. The van der Waals surface area contributed by atoms with E-state index in [0.29, 0.717) is 16.8 Å². The van der Waals surface area contributed by atoms with Gasteiger partial charge in [-0.15, -0.1) is 0 Å². The van der Waals surface area contributed by atoms with Crippen molar-refractivity contribution in [3.8, 4) is 0 Å². The summed E-state index contributed by atoms with van der Waals surface area (Å²) in [5.41, 5.74) is 1.33. The molecule has 9 heteroatoms. The maximum absolute atomic E-state index is 14.4. The highest BCUT2D eigenvalue weighted by molar-refractivity contribution is 7.94. The number of carbonyl (C=O) groups excluding carboxylic acids is 2. The molecule has 2 aliphatic rings. The van der Waals surface area contributed by atoms with E-state index in [-0.39, 0.29) is 17.8 Å². The first-order valence-corrected chi connectivity index (χ1v) is 11.8. The summed E-state index contributed by atoms with van der Waals surface area (Å²) in [4.78, 5) is 26.8. The van der Waals surface area contributed by atoms with Crippen LogP contribution >= 0.6 is 0 Å². The maximum Gasteiger partial charge on any atom is 0.274 e. The van der Waals surface area contributed by atoms with Gasteiger partial charge in [0.05, 0.1) is 12.2 Å². The Kier molecular flexibility index (Phi) is 4.65. The fourth-order valence-electron chi connectivity index (χ4n) is 4.54. The normalized spacial score (nSPS) is 21.2. The zero-order valence-electron chi connectivity index (χ0n) is 17.5. The van der Waals surface area contributed by atoms with Crippen molar-refractivity contribution in [3.05, 3.63) is 95.1 Å². The molecule has 5 rings (SSSR count). The molecule has 2 aliphatic heterocycles. The molecular formula is C24H18F2N2O4S. The SMILES string of the molecule is Cc1ccc(N2C(=O)CS(=O)(=O)C23C(=O)N(Cc2ccc(F)cc2)c2ccccc23)cc1F. The number of halogens is 2. The number of nitrogens with zero attached hydrogens (tertiary/aromatic N) is 2. The molecule has 1 atom stereocenters. The first kappa shape index (κ1) is 21.3. The molecule has 1 spiro atoms. The monoisotopic (exact) mass is 468 g/mol. The van der Waals surface area contributed by atoms with Gasteiger partial charge in [-0.1, -0.05) is 36.4 Å². The Labute approximate surface area is 189 Å². The molecular weight excluding hydrogens is 450 g/mol.